The zero-order valence-electron chi connectivity index (χ0n) is 15.0. The van der Waals surface area contributed by atoms with Gasteiger partial charge in [0.1, 0.15) is 12.1 Å². The lowest BCUT2D eigenvalue weighted by Gasteiger charge is -2.31. The zero-order chi connectivity index (χ0) is 19.2. The number of hydrogen-bond donors (Lipinski definition) is 3. The first-order valence-corrected chi connectivity index (χ1v) is 8.94. The Balaban J connectivity index is 1.79. The highest BCUT2D eigenvalue weighted by Crippen LogP contribution is 2.23. The maximum atomic E-state index is 12.9. The second kappa shape index (κ2) is 8.59. The Morgan fingerprint density at radius 3 is 2.93 bits per heavy atom. The SMILES string of the molecule is NC(=O)[C@H]1CCCN(C(=O)c2cccc(-c3cc(NCCO)ncn3)c2)C1. The van der Waals surface area contributed by atoms with Gasteiger partial charge in [0.25, 0.3) is 5.91 Å². The van der Waals surface area contributed by atoms with E-state index in [0.29, 0.717) is 36.7 Å². The van der Waals surface area contributed by atoms with Crippen molar-refractivity contribution in [1.29, 1.82) is 0 Å². The number of piperidine rings is 1. The first kappa shape index (κ1) is 18.8. The number of likely N-dealkylation sites (tertiary alicyclic amines) is 1. The highest BCUT2D eigenvalue weighted by Gasteiger charge is 2.27. The van der Waals surface area contributed by atoms with Crippen molar-refractivity contribution in [2.75, 3.05) is 31.6 Å². The van der Waals surface area contributed by atoms with Gasteiger partial charge in [-0.05, 0) is 25.0 Å². The molecule has 0 radical (unpaired) electrons. The highest BCUT2D eigenvalue weighted by molar-refractivity contribution is 5.95. The molecule has 2 heterocycles. The third kappa shape index (κ3) is 4.59. The number of nitrogens with one attached hydrogen (secondary N) is 1. The molecule has 8 heteroatoms. The second-order valence-electron chi connectivity index (χ2n) is 6.51. The van der Waals surface area contributed by atoms with E-state index in [4.69, 9.17) is 10.8 Å². The predicted molar refractivity (Wildman–Crippen MR) is 101 cm³/mol. The number of nitrogens with two attached hydrogens (primary N) is 1. The van der Waals surface area contributed by atoms with Crippen molar-refractivity contribution >= 4 is 17.6 Å². The minimum absolute atomic E-state index is 0.00541. The molecule has 27 heavy (non-hydrogen) atoms. The van der Waals surface area contributed by atoms with Gasteiger partial charge in [-0.25, -0.2) is 9.97 Å². The molecule has 2 aromatic rings. The van der Waals surface area contributed by atoms with Crippen LogP contribution in [0, 0.1) is 5.92 Å². The first-order valence-electron chi connectivity index (χ1n) is 8.94. The molecule has 4 N–H and O–H groups in total. The molecule has 142 valence electrons. The lowest BCUT2D eigenvalue weighted by Crippen LogP contribution is -2.44. The van der Waals surface area contributed by atoms with Gasteiger partial charge in [0.15, 0.2) is 0 Å². The van der Waals surface area contributed by atoms with Crippen LogP contribution in [0.15, 0.2) is 36.7 Å². The van der Waals surface area contributed by atoms with E-state index in [2.05, 4.69) is 15.3 Å². The van der Waals surface area contributed by atoms with Gasteiger partial charge >= 0.3 is 0 Å². The van der Waals surface area contributed by atoms with Crippen LogP contribution < -0.4 is 11.1 Å². The van der Waals surface area contributed by atoms with Crippen LogP contribution in [0.25, 0.3) is 11.3 Å². The van der Waals surface area contributed by atoms with Crippen molar-refractivity contribution in [3.05, 3.63) is 42.2 Å². The molecule has 0 saturated carbocycles. The van der Waals surface area contributed by atoms with Crippen LogP contribution in [-0.4, -0.2) is 58.0 Å². The number of primary amides is 1. The molecule has 1 aromatic heterocycles. The molecule has 1 aliphatic rings. The van der Waals surface area contributed by atoms with E-state index in [1.165, 1.54) is 6.33 Å². The molecule has 1 aromatic carbocycles. The van der Waals surface area contributed by atoms with E-state index < -0.39 is 0 Å². The monoisotopic (exact) mass is 369 g/mol. The Labute approximate surface area is 157 Å². The summed E-state index contributed by atoms with van der Waals surface area (Å²) in [5.74, 6) is -0.153. The van der Waals surface area contributed by atoms with Crippen molar-refractivity contribution in [3.8, 4) is 11.3 Å². The molecule has 2 amide bonds. The van der Waals surface area contributed by atoms with Gasteiger partial charge in [0, 0.05) is 36.8 Å². The molecule has 0 unspecified atom stereocenters. The molecule has 1 atom stereocenters. The lowest BCUT2D eigenvalue weighted by molar-refractivity contribution is -0.123. The molecular weight excluding hydrogens is 346 g/mol. The predicted octanol–water partition coefficient (Wildman–Crippen LogP) is 0.885. The molecule has 0 spiro atoms. The van der Waals surface area contributed by atoms with E-state index in [1.807, 2.05) is 6.07 Å². The summed E-state index contributed by atoms with van der Waals surface area (Å²) in [5.41, 5.74) is 7.41. The van der Waals surface area contributed by atoms with E-state index in [9.17, 15) is 9.59 Å². The Kier molecular flexibility index (Phi) is 5.97. The number of hydrogen-bond acceptors (Lipinski definition) is 6. The Morgan fingerprint density at radius 2 is 2.15 bits per heavy atom. The molecule has 1 fully saturated rings. The van der Waals surface area contributed by atoms with Crippen molar-refractivity contribution in [2.45, 2.75) is 12.8 Å². The van der Waals surface area contributed by atoms with Crippen LogP contribution in [0.4, 0.5) is 5.82 Å². The molecule has 3 rings (SSSR count). The van der Waals surface area contributed by atoms with Crippen molar-refractivity contribution in [3.63, 3.8) is 0 Å². The first-order chi connectivity index (χ1) is 13.1. The lowest BCUT2D eigenvalue weighted by atomic mass is 9.96. The molecule has 1 saturated heterocycles. The number of anilines is 1. The second-order valence-corrected chi connectivity index (χ2v) is 6.51. The summed E-state index contributed by atoms with van der Waals surface area (Å²) in [4.78, 5) is 34.4. The number of carbonyl (C=O) groups is 2. The third-order valence-corrected chi connectivity index (χ3v) is 4.60. The van der Waals surface area contributed by atoms with Gasteiger partial charge in [-0.3, -0.25) is 9.59 Å². The minimum atomic E-state index is -0.356. The van der Waals surface area contributed by atoms with E-state index in [1.54, 1.807) is 29.2 Å². The summed E-state index contributed by atoms with van der Waals surface area (Å²) >= 11 is 0. The summed E-state index contributed by atoms with van der Waals surface area (Å²) in [6, 6.07) is 8.99. The average Bonchev–Trinajstić information content (AvgIpc) is 2.72. The quantitative estimate of drug-likeness (QED) is 0.695. The number of aliphatic hydroxyl groups excluding tert-OH is 1. The summed E-state index contributed by atoms with van der Waals surface area (Å²) in [6.45, 7) is 1.38. The van der Waals surface area contributed by atoms with Crippen molar-refractivity contribution in [1.82, 2.24) is 14.9 Å². The molecule has 0 bridgehead atoms. The van der Waals surface area contributed by atoms with Gasteiger partial charge in [-0.15, -0.1) is 0 Å². The van der Waals surface area contributed by atoms with Gasteiger partial charge in [-0.1, -0.05) is 12.1 Å². The van der Waals surface area contributed by atoms with E-state index in [0.717, 1.165) is 18.4 Å². The van der Waals surface area contributed by atoms with Crippen LogP contribution in [0.5, 0.6) is 0 Å². The van der Waals surface area contributed by atoms with Gasteiger partial charge in [-0.2, -0.15) is 0 Å². The maximum absolute atomic E-state index is 12.9. The Hall–Kier alpha value is -3.00. The Morgan fingerprint density at radius 1 is 1.30 bits per heavy atom. The average molecular weight is 369 g/mol. The topological polar surface area (TPSA) is 121 Å². The van der Waals surface area contributed by atoms with Gasteiger partial charge < -0.3 is 21.1 Å². The van der Waals surface area contributed by atoms with Crippen LogP contribution in [0.1, 0.15) is 23.2 Å². The number of amides is 2. The number of nitrogens with zero attached hydrogens (tertiary/aromatic N) is 3. The fourth-order valence-electron chi connectivity index (χ4n) is 3.18. The number of rotatable bonds is 6. The third-order valence-electron chi connectivity index (χ3n) is 4.60. The van der Waals surface area contributed by atoms with Crippen LogP contribution >= 0.6 is 0 Å². The largest absolute Gasteiger partial charge is 0.395 e. The number of benzene rings is 1. The van der Waals surface area contributed by atoms with Crippen LogP contribution in [-0.2, 0) is 4.79 Å². The molecule has 1 aliphatic heterocycles. The van der Waals surface area contributed by atoms with Crippen LogP contribution in [0.2, 0.25) is 0 Å². The van der Waals surface area contributed by atoms with Crippen molar-refractivity contribution in [2.24, 2.45) is 11.7 Å². The minimum Gasteiger partial charge on any atom is -0.395 e. The smallest absolute Gasteiger partial charge is 0.253 e. The van der Waals surface area contributed by atoms with E-state index in [-0.39, 0.29) is 24.3 Å². The highest BCUT2D eigenvalue weighted by atomic mass is 16.3. The summed E-state index contributed by atoms with van der Waals surface area (Å²) in [5, 5.41) is 11.9. The van der Waals surface area contributed by atoms with Gasteiger partial charge in [0.2, 0.25) is 5.91 Å². The van der Waals surface area contributed by atoms with E-state index >= 15 is 0 Å². The Bertz CT molecular complexity index is 826. The molecular formula is C19H23N5O3. The summed E-state index contributed by atoms with van der Waals surface area (Å²) < 4.78 is 0. The zero-order valence-corrected chi connectivity index (χ0v) is 15.0. The molecule has 8 nitrogen and oxygen atoms in total. The van der Waals surface area contributed by atoms with Gasteiger partial charge in [0.05, 0.1) is 18.2 Å². The van der Waals surface area contributed by atoms with Crippen LogP contribution in [0.3, 0.4) is 0 Å². The standard InChI is InChI=1S/C19H23N5O3/c20-18(26)15-5-2-7-24(11-15)19(27)14-4-1-3-13(9-14)16-10-17(21-6-8-25)23-12-22-16/h1,3-4,9-10,12,15,25H,2,5-8,11H2,(H2,20,26)(H,21,22,23)/t15-/m0/s1. The maximum Gasteiger partial charge on any atom is 0.253 e. The number of aromatic nitrogens is 2. The normalized spacial score (nSPS) is 16.8. The fraction of sp³-hybridized carbons (Fsp3) is 0.368. The summed E-state index contributed by atoms with van der Waals surface area (Å²) in [6.07, 6.45) is 2.93. The fourth-order valence-corrected chi connectivity index (χ4v) is 3.18. The van der Waals surface area contributed by atoms with Crippen molar-refractivity contribution < 1.29 is 14.7 Å². The summed E-state index contributed by atoms with van der Waals surface area (Å²) in [7, 11) is 0. The number of aliphatic hydroxyl groups is 1. The number of carbonyl (C=O) groups excluding carboxylic acids is 2. The molecule has 0 aliphatic carbocycles.